The zero-order valence-corrected chi connectivity index (χ0v) is 29.5. The Bertz CT molecular complexity index is 919. The van der Waals surface area contributed by atoms with Crippen LogP contribution in [0, 0.1) is 49.4 Å². The normalized spacial score (nSPS) is 25.3. The van der Waals surface area contributed by atoms with Crippen molar-refractivity contribution in [3.63, 3.8) is 0 Å². The van der Waals surface area contributed by atoms with Gasteiger partial charge in [0.05, 0.1) is 26.3 Å². The van der Waals surface area contributed by atoms with E-state index < -0.39 is 0 Å². The Kier molecular flexibility index (Phi) is 20.4. The van der Waals surface area contributed by atoms with Crippen molar-refractivity contribution >= 4 is 0 Å². The summed E-state index contributed by atoms with van der Waals surface area (Å²) in [5.74, 6) is 6.99. The predicted octanol–water partition coefficient (Wildman–Crippen LogP) is -1.53. The molecule has 0 bridgehead atoms. The highest BCUT2D eigenvalue weighted by Crippen LogP contribution is 2.36. The molecule has 2 fully saturated rings. The SMILES string of the molecule is Cc1n(CO[C@H]2C[C@@H](C)CC[C@@H]2C(C)C)cc[n+]1C.Cc1n(CO[C@H]2C[C@@H](C)CC[C@@H]2C(C)C)cc[n+]1C.O.O.[Cl-].[Cl-]. The Morgan fingerprint density at radius 1 is 0.690 bits per heavy atom. The van der Waals surface area contributed by atoms with E-state index in [9.17, 15) is 0 Å². The van der Waals surface area contributed by atoms with Crippen molar-refractivity contribution < 1.29 is 54.4 Å². The molecule has 0 aromatic carbocycles. The number of rotatable bonds is 8. The van der Waals surface area contributed by atoms with Crippen LogP contribution in [0.15, 0.2) is 24.8 Å². The summed E-state index contributed by atoms with van der Waals surface area (Å²) in [5.41, 5.74) is 0. The Morgan fingerprint density at radius 2 is 1.02 bits per heavy atom. The van der Waals surface area contributed by atoms with Gasteiger partial charge in [0.15, 0.2) is 13.5 Å². The number of halogens is 2. The van der Waals surface area contributed by atoms with Crippen LogP contribution in [0.4, 0.5) is 0 Å². The summed E-state index contributed by atoms with van der Waals surface area (Å²) in [6.45, 7) is 19.7. The second-order valence-electron chi connectivity index (χ2n) is 13.2. The van der Waals surface area contributed by atoms with Gasteiger partial charge in [-0.15, -0.1) is 0 Å². The molecule has 10 heteroatoms. The van der Waals surface area contributed by atoms with Crippen molar-refractivity contribution in [3.8, 4) is 0 Å². The first-order chi connectivity index (χ1) is 18.0. The van der Waals surface area contributed by atoms with Gasteiger partial charge >= 0.3 is 0 Å². The van der Waals surface area contributed by atoms with Gasteiger partial charge in [-0.3, -0.25) is 0 Å². The molecule has 8 nitrogen and oxygen atoms in total. The van der Waals surface area contributed by atoms with Crippen LogP contribution in [0.2, 0.25) is 0 Å². The van der Waals surface area contributed by atoms with Crippen molar-refractivity contribution in [1.29, 1.82) is 0 Å². The minimum absolute atomic E-state index is 0. The highest BCUT2D eigenvalue weighted by molar-refractivity contribution is 4.84. The molecule has 2 aromatic rings. The fourth-order valence-electron chi connectivity index (χ4n) is 6.44. The predicted molar refractivity (Wildman–Crippen MR) is 160 cm³/mol. The molecule has 42 heavy (non-hydrogen) atoms. The average molecular weight is 638 g/mol. The second kappa shape index (κ2) is 20.0. The van der Waals surface area contributed by atoms with E-state index in [-0.39, 0.29) is 35.8 Å². The van der Waals surface area contributed by atoms with Crippen LogP contribution in [0.1, 0.15) is 91.7 Å². The standard InChI is InChI=1S/2C16H29N2O.2ClH.2H2O/c2*1-12(2)15-7-6-13(3)10-16(15)19-11-18-9-8-17(5)14(18)4;;;;/h2*8-9,12-13,15-16H,6-7,10-11H2,1-5H3;2*1H;2*1H2/q2*+1;;;;/p-2/t2*13-,15+,16-;;;;/m00..../s1. The van der Waals surface area contributed by atoms with Crippen molar-refractivity contribution in [2.75, 3.05) is 0 Å². The quantitative estimate of drug-likeness (QED) is 0.329. The Labute approximate surface area is 268 Å². The molecule has 2 aromatic heterocycles. The summed E-state index contributed by atoms with van der Waals surface area (Å²) in [7, 11) is 4.15. The Hall–Kier alpha value is -1.16. The lowest BCUT2D eigenvalue weighted by Gasteiger charge is -2.36. The van der Waals surface area contributed by atoms with Gasteiger partial charge in [-0.1, -0.05) is 54.4 Å². The van der Waals surface area contributed by atoms with Crippen LogP contribution in [-0.4, -0.2) is 32.3 Å². The molecule has 4 N–H and O–H groups in total. The molecule has 4 rings (SSSR count). The van der Waals surface area contributed by atoms with Crippen molar-refractivity contribution in [2.45, 2.75) is 120 Å². The van der Waals surface area contributed by atoms with Crippen LogP contribution in [0.5, 0.6) is 0 Å². The molecule has 0 amide bonds. The average Bonchev–Trinajstić information content (AvgIpc) is 3.36. The first kappa shape index (κ1) is 43.0. The first-order valence-corrected chi connectivity index (χ1v) is 15.2. The third-order valence-electron chi connectivity index (χ3n) is 9.57. The smallest absolute Gasteiger partial charge is 0.254 e. The molecule has 2 heterocycles. The van der Waals surface area contributed by atoms with E-state index in [0.29, 0.717) is 25.7 Å². The van der Waals surface area contributed by atoms with Gasteiger partial charge in [0.1, 0.15) is 24.8 Å². The Morgan fingerprint density at radius 3 is 1.29 bits per heavy atom. The summed E-state index contributed by atoms with van der Waals surface area (Å²) < 4.78 is 21.2. The lowest BCUT2D eigenvalue weighted by Crippen LogP contribution is -3.00. The summed E-state index contributed by atoms with van der Waals surface area (Å²) in [4.78, 5) is 0. The number of imidazole rings is 2. The molecule has 6 atom stereocenters. The maximum atomic E-state index is 6.26. The molecule has 2 saturated carbocycles. The maximum absolute atomic E-state index is 6.26. The summed E-state index contributed by atoms with van der Waals surface area (Å²) in [6, 6.07) is 0. The fourth-order valence-corrected chi connectivity index (χ4v) is 6.44. The fraction of sp³-hybridized carbons (Fsp3) is 0.812. The van der Waals surface area contributed by atoms with E-state index in [1.165, 1.54) is 50.2 Å². The van der Waals surface area contributed by atoms with E-state index in [1.807, 2.05) is 0 Å². The number of ether oxygens (including phenoxy) is 2. The van der Waals surface area contributed by atoms with E-state index in [0.717, 1.165) is 35.5 Å². The molecular weight excluding hydrogens is 575 g/mol. The monoisotopic (exact) mass is 636 g/mol. The van der Waals surface area contributed by atoms with Gasteiger partial charge in [0.25, 0.3) is 11.6 Å². The van der Waals surface area contributed by atoms with Crippen LogP contribution < -0.4 is 33.9 Å². The van der Waals surface area contributed by atoms with Crippen LogP contribution in [0.3, 0.4) is 0 Å². The maximum Gasteiger partial charge on any atom is 0.254 e. The number of nitrogens with zero attached hydrogens (tertiary/aromatic N) is 4. The molecule has 2 aliphatic rings. The van der Waals surface area contributed by atoms with Gasteiger partial charge in [-0.2, -0.15) is 0 Å². The third-order valence-corrected chi connectivity index (χ3v) is 9.57. The highest BCUT2D eigenvalue weighted by atomic mass is 35.5. The number of aryl methyl sites for hydroxylation is 2. The molecule has 0 spiro atoms. The largest absolute Gasteiger partial charge is 1.00 e. The summed E-state index contributed by atoms with van der Waals surface area (Å²) in [5, 5.41) is 0. The van der Waals surface area contributed by atoms with Crippen LogP contribution >= 0.6 is 0 Å². The van der Waals surface area contributed by atoms with Crippen molar-refractivity contribution in [2.24, 2.45) is 49.6 Å². The first-order valence-electron chi connectivity index (χ1n) is 15.2. The minimum atomic E-state index is 0. The zero-order chi connectivity index (χ0) is 28.0. The summed E-state index contributed by atoms with van der Waals surface area (Å²) in [6.07, 6.45) is 17.0. The summed E-state index contributed by atoms with van der Waals surface area (Å²) >= 11 is 0. The minimum Gasteiger partial charge on any atom is -1.00 e. The van der Waals surface area contributed by atoms with Crippen LogP contribution in [-0.2, 0) is 37.0 Å². The molecule has 0 radical (unpaired) electrons. The molecular formula is C32H62Cl2N4O4. The van der Waals surface area contributed by atoms with Gasteiger partial charge < -0.3 is 45.2 Å². The molecule has 0 unspecified atom stereocenters. The molecule has 0 saturated heterocycles. The molecule has 248 valence electrons. The van der Waals surface area contributed by atoms with Crippen LogP contribution in [0.25, 0.3) is 0 Å². The lowest BCUT2D eigenvalue weighted by molar-refractivity contribution is -0.677. The number of aromatic nitrogens is 4. The topological polar surface area (TPSA) is 99.1 Å². The van der Waals surface area contributed by atoms with E-state index in [2.05, 4.69) is 113 Å². The third kappa shape index (κ3) is 11.7. The second-order valence-corrected chi connectivity index (χ2v) is 13.2. The van der Waals surface area contributed by atoms with Gasteiger partial charge in [0.2, 0.25) is 0 Å². The van der Waals surface area contributed by atoms with E-state index >= 15 is 0 Å². The van der Waals surface area contributed by atoms with Gasteiger partial charge in [-0.25, -0.2) is 18.3 Å². The van der Waals surface area contributed by atoms with E-state index in [4.69, 9.17) is 9.47 Å². The number of hydrogen-bond acceptors (Lipinski definition) is 2. The van der Waals surface area contributed by atoms with Crippen molar-refractivity contribution in [3.05, 3.63) is 36.4 Å². The molecule has 2 aliphatic carbocycles. The Balaban J connectivity index is 0. The zero-order valence-electron chi connectivity index (χ0n) is 27.9. The van der Waals surface area contributed by atoms with E-state index in [1.54, 1.807) is 0 Å². The van der Waals surface area contributed by atoms with Crippen molar-refractivity contribution in [1.82, 2.24) is 9.13 Å². The van der Waals surface area contributed by atoms with Gasteiger partial charge in [-0.05, 0) is 61.2 Å². The lowest BCUT2D eigenvalue weighted by atomic mass is 9.75. The highest BCUT2D eigenvalue weighted by Gasteiger charge is 2.33. The van der Waals surface area contributed by atoms with Gasteiger partial charge in [0, 0.05) is 13.8 Å². The molecule has 0 aliphatic heterocycles. The number of hydrogen-bond donors (Lipinski definition) is 0.